The van der Waals surface area contributed by atoms with Gasteiger partial charge in [-0.25, -0.2) is 4.98 Å². The van der Waals surface area contributed by atoms with Gasteiger partial charge >= 0.3 is 5.97 Å². The first-order chi connectivity index (χ1) is 7.04. The number of hydrogen-bond acceptors (Lipinski definition) is 5. The molecule has 0 atom stereocenters. The van der Waals surface area contributed by atoms with E-state index < -0.39 is 5.97 Å². The summed E-state index contributed by atoms with van der Waals surface area (Å²) in [6.07, 6.45) is 0.135. The van der Waals surface area contributed by atoms with E-state index in [0.29, 0.717) is 5.88 Å². The molecular formula is C9H11N3O3. The fourth-order valence-corrected chi connectivity index (χ4v) is 1.05. The minimum absolute atomic E-state index is 0.0573. The van der Waals surface area contributed by atoms with E-state index in [2.05, 4.69) is 4.98 Å². The zero-order valence-electron chi connectivity index (χ0n) is 8.52. The molecule has 0 saturated carbocycles. The Bertz CT molecular complexity index is 403. The predicted molar refractivity (Wildman–Crippen MR) is 51.5 cm³/mol. The summed E-state index contributed by atoms with van der Waals surface area (Å²) in [5, 5.41) is 17.2. The summed E-state index contributed by atoms with van der Waals surface area (Å²) in [6.45, 7) is 0. The zero-order valence-corrected chi connectivity index (χ0v) is 8.52. The van der Waals surface area contributed by atoms with Crippen molar-refractivity contribution in [3.8, 4) is 6.07 Å². The molecule has 15 heavy (non-hydrogen) atoms. The van der Waals surface area contributed by atoms with Gasteiger partial charge in [0, 0.05) is 20.5 Å². The quantitative estimate of drug-likeness (QED) is 0.782. The Kier molecular flexibility index (Phi) is 3.29. The molecule has 6 nitrogen and oxygen atoms in total. The second-order valence-electron chi connectivity index (χ2n) is 3.16. The summed E-state index contributed by atoms with van der Waals surface area (Å²) in [5.74, 6) is -0.284. The van der Waals surface area contributed by atoms with Gasteiger partial charge < -0.3 is 14.4 Å². The first kappa shape index (κ1) is 11.0. The van der Waals surface area contributed by atoms with E-state index in [4.69, 9.17) is 14.8 Å². The minimum Gasteiger partial charge on any atom is -0.481 e. The molecule has 1 rings (SSSR count). The third-order valence-electron chi connectivity index (χ3n) is 1.72. The number of carbonyl (C=O) groups is 1. The standard InChI is InChI=1S/C9H11N3O3/c1-12(2)9-6(5-10)11-7(15-9)3-4-8(13)14/h3-4H2,1-2H3,(H,13,14). The number of oxazole rings is 1. The maximum absolute atomic E-state index is 10.3. The normalized spacial score (nSPS) is 9.67. The van der Waals surface area contributed by atoms with Crippen LogP contribution in [-0.4, -0.2) is 30.2 Å². The van der Waals surface area contributed by atoms with E-state index in [1.807, 2.05) is 6.07 Å². The molecular weight excluding hydrogens is 198 g/mol. The topological polar surface area (TPSA) is 90.4 Å². The highest BCUT2D eigenvalue weighted by molar-refractivity contribution is 5.66. The van der Waals surface area contributed by atoms with E-state index in [9.17, 15) is 4.79 Å². The van der Waals surface area contributed by atoms with Crippen LogP contribution in [0.25, 0.3) is 0 Å². The number of aliphatic carboxylic acids is 1. The molecule has 0 spiro atoms. The molecule has 0 unspecified atom stereocenters. The smallest absolute Gasteiger partial charge is 0.303 e. The molecule has 0 saturated heterocycles. The second-order valence-corrected chi connectivity index (χ2v) is 3.16. The lowest BCUT2D eigenvalue weighted by Crippen LogP contribution is -2.08. The van der Waals surface area contributed by atoms with E-state index in [0.717, 1.165) is 0 Å². The summed E-state index contributed by atoms with van der Waals surface area (Å²) in [4.78, 5) is 15.8. The van der Waals surface area contributed by atoms with Gasteiger partial charge in [0.2, 0.25) is 11.6 Å². The molecule has 0 aliphatic rings. The molecule has 0 fully saturated rings. The third kappa shape index (κ3) is 2.71. The number of carboxylic acids is 1. The largest absolute Gasteiger partial charge is 0.481 e. The lowest BCUT2D eigenvalue weighted by molar-refractivity contribution is -0.137. The Labute approximate surface area is 86.7 Å². The molecule has 0 aliphatic carbocycles. The molecule has 1 aromatic heterocycles. The maximum atomic E-state index is 10.3. The van der Waals surface area contributed by atoms with Crippen molar-refractivity contribution < 1.29 is 14.3 Å². The number of rotatable bonds is 4. The number of nitrogens with zero attached hydrogens (tertiary/aromatic N) is 3. The molecule has 1 heterocycles. The van der Waals surface area contributed by atoms with Crippen molar-refractivity contribution in [2.75, 3.05) is 19.0 Å². The molecule has 1 aromatic rings. The first-order valence-electron chi connectivity index (χ1n) is 4.33. The van der Waals surface area contributed by atoms with Crippen LogP contribution in [0.15, 0.2) is 4.42 Å². The van der Waals surface area contributed by atoms with Crippen LogP contribution in [-0.2, 0) is 11.2 Å². The number of nitriles is 1. The average Bonchev–Trinajstić information content (AvgIpc) is 2.57. The first-order valence-corrected chi connectivity index (χ1v) is 4.33. The van der Waals surface area contributed by atoms with Crippen molar-refractivity contribution in [2.24, 2.45) is 0 Å². The van der Waals surface area contributed by atoms with Gasteiger partial charge in [0.25, 0.3) is 0 Å². The van der Waals surface area contributed by atoms with E-state index in [-0.39, 0.29) is 24.4 Å². The lowest BCUT2D eigenvalue weighted by atomic mass is 10.3. The highest BCUT2D eigenvalue weighted by Gasteiger charge is 2.14. The van der Waals surface area contributed by atoms with Crippen LogP contribution in [0.1, 0.15) is 18.0 Å². The summed E-state index contributed by atoms with van der Waals surface area (Å²) >= 11 is 0. The maximum Gasteiger partial charge on any atom is 0.303 e. The molecule has 0 bridgehead atoms. The second kappa shape index (κ2) is 4.46. The minimum atomic E-state index is -0.918. The molecule has 1 N–H and O–H groups in total. The Morgan fingerprint density at radius 2 is 2.33 bits per heavy atom. The van der Waals surface area contributed by atoms with Gasteiger partial charge in [-0.3, -0.25) is 4.79 Å². The summed E-state index contributed by atoms with van der Waals surface area (Å²) in [5.41, 5.74) is 0.181. The number of aromatic nitrogens is 1. The zero-order chi connectivity index (χ0) is 11.4. The summed E-state index contributed by atoms with van der Waals surface area (Å²) in [6, 6.07) is 1.89. The average molecular weight is 209 g/mol. The van der Waals surface area contributed by atoms with Crippen LogP contribution in [0.4, 0.5) is 5.88 Å². The van der Waals surface area contributed by atoms with Gasteiger partial charge in [0.1, 0.15) is 6.07 Å². The predicted octanol–water partition coefficient (Wildman–Crippen LogP) is 0.629. The van der Waals surface area contributed by atoms with Crippen molar-refractivity contribution in [2.45, 2.75) is 12.8 Å². The number of anilines is 1. The van der Waals surface area contributed by atoms with Crippen molar-refractivity contribution >= 4 is 11.9 Å². The van der Waals surface area contributed by atoms with Gasteiger partial charge in [-0.05, 0) is 0 Å². The van der Waals surface area contributed by atoms with Crippen molar-refractivity contribution in [1.82, 2.24) is 4.98 Å². The summed E-state index contributed by atoms with van der Waals surface area (Å²) in [7, 11) is 3.45. The van der Waals surface area contributed by atoms with E-state index in [1.165, 1.54) is 0 Å². The van der Waals surface area contributed by atoms with Gasteiger partial charge in [0.05, 0.1) is 6.42 Å². The van der Waals surface area contributed by atoms with Crippen LogP contribution in [0.2, 0.25) is 0 Å². The van der Waals surface area contributed by atoms with Gasteiger partial charge in [0.15, 0.2) is 5.89 Å². The van der Waals surface area contributed by atoms with Gasteiger partial charge in [-0.2, -0.15) is 5.26 Å². The molecule has 0 aromatic carbocycles. The molecule has 0 aliphatic heterocycles. The SMILES string of the molecule is CN(C)c1oc(CCC(=O)O)nc1C#N. The Morgan fingerprint density at radius 1 is 1.67 bits per heavy atom. The highest BCUT2D eigenvalue weighted by Crippen LogP contribution is 2.19. The molecule has 6 heteroatoms. The van der Waals surface area contributed by atoms with E-state index >= 15 is 0 Å². The molecule has 80 valence electrons. The van der Waals surface area contributed by atoms with Crippen molar-refractivity contribution in [3.63, 3.8) is 0 Å². The monoisotopic (exact) mass is 209 g/mol. The number of hydrogen-bond donors (Lipinski definition) is 1. The van der Waals surface area contributed by atoms with Gasteiger partial charge in [-0.15, -0.1) is 0 Å². The molecule has 0 amide bonds. The van der Waals surface area contributed by atoms with Crippen LogP contribution in [0, 0.1) is 11.3 Å². The lowest BCUT2D eigenvalue weighted by Gasteiger charge is -2.06. The molecule has 0 radical (unpaired) electrons. The fourth-order valence-electron chi connectivity index (χ4n) is 1.05. The van der Waals surface area contributed by atoms with E-state index in [1.54, 1.807) is 19.0 Å². The van der Waals surface area contributed by atoms with Crippen molar-refractivity contribution in [1.29, 1.82) is 5.26 Å². The fraction of sp³-hybridized carbons (Fsp3) is 0.444. The van der Waals surface area contributed by atoms with Gasteiger partial charge in [-0.1, -0.05) is 0 Å². The van der Waals surface area contributed by atoms with Crippen LogP contribution < -0.4 is 4.90 Å². The Hall–Kier alpha value is -2.03. The summed E-state index contributed by atoms with van der Waals surface area (Å²) < 4.78 is 5.25. The number of aryl methyl sites for hydroxylation is 1. The van der Waals surface area contributed by atoms with Crippen LogP contribution in [0.5, 0.6) is 0 Å². The number of carboxylic acid groups (broad SMARTS) is 1. The van der Waals surface area contributed by atoms with Crippen LogP contribution >= 0.6 is 0 Å². The Morgan fingerprint density at radius 3 is 2.73 bits per heavy atom. The van der Waals surface area contributed by atoms with Crippen molar-refractivity contribution in [3.05, 3.63) is 11.6 Å². The Balaban J connectivity index is 2.84. The highest BCUT2D eigenvalue weighted by atomic mass is 16.4. The third-order valence-corrected chi connectivity index (χ3v) is 1.72. The van der Waals surface area contributed by atoms with Crippen LogP contribution in [0.3, 0.4) is 0 Å².